The van der Waals surface area contributed by atoms with E-state index < -0.39 is 5.60 Å². The summed E-state index contributed by atoms with van der Waals surface area (Å²) in [7, 11) is 0. The van der Waals surface area contributed by atoms with Crippen molar-refractivity contribution in [3.63, 3.8) is 0 Å². The van der Waals surface area contributed by atoms with Crippen LogP contribution in [0.2, 0.25) is 5.02 Å². The molecule has 106 heavy (non-hydrogen) atoms. The lowest BCUT2D eigenvalue weighted by atomic mass is 9.74. The fourth-order valence-electron chi connectivity index (χ4n) is 16.0. The van der Waals surface area contributed by atoms with Crippen LogP contribution in [0.3, 0.4) is 0 Å². The molecule has 0 aliphatic carbocycles. The number of ether oxygens (including phenoxy) is 1. The second-order valence-electron chi connectivity index (χ2n) is 26.9. The van der Waals surface area contributed by atoms with E-state index in [9.17, 15) is 0 Å². The Morgan fingerprint density at radius 1 is 0.292 bits per heavy atom. The second kappa shape index (κ2) is 25.9. The van der Waals surface area contributed by atoms with E-state index in [0.717, 1.165) is 128 Å². The van der Waals surface area contributed by atoms with E-state index in [-0.39, 0.29) is 0 Å². The maximum absolute atomic E-state index is 15.6. The molecule has 4 heterocycles. The number of fused-ring (bicyclic) bond motifs is 11. The molecule has 0 radical (unpaired) electrons. The van der Waals surface area contributed by atoms with Crippen LogP contribution in [-0.4, -0.2) is 5.11 Å². The third-order valence-electron chi connectivity index (χ3n) is 20.7. The molecule has 3 aromatic heterocycles. The summed E-state index contributed by atoms with van der Waals surface area (Å²) in [6, 6.07) is 130. The topological polar surface area (TPSA) is 52.3 Å². The Kier molecular flexibility index (Phi) is 15.4. The molecule has 9 heteroatoms. The maximum atomic E-state index is 15.6. The van der Waals surface area contributed by atoms with Crippen LogP contribution in [0.15, 0.2) is 374 Å². The van der Waals surface area contributed by atoms with Crippen LogP contribution in [0.25, 0.3) is 107 Å². The van der Waals surface area contributed by atoms with Gasteiger partial charge in [0.2, 0.25) is 0 Å². The second-order valence-corrected chi connectivity index (χ2v) is 29.5. The van der Waals surface area contributed by atoms with Gasteiger partial charge in [-0.25, -0.2) is 0 Å². The summed E-state index contributed by atoms with van der Waals surface area (Å²) in [6.07, 6.45) is 0. The molecule has 0 saturated carbocycles. The van der Waals surface area contributed by atoms with Crippen LogP contribution in [0.1, 0.15) is 16.7 Å². The molecule has 6 nitrogen and oxygen atoms in total. The average molecular weight is 1420 g/mol. The fourth-order valence-corrected chi connectivity index (χ4v) is 18.5. The molecule has 1 aliphatic heterocycles. The van der Waals surface area contributed by atoms with Crippen molar-refractivity contribution in [2.75, 3.05) is 14.7 Å². The first-order valence-corrected chi connectivity index (χ1v) is 37.5. The van der Waals surface area contributed by atoms with Crippen LogP contribution >= 0.6 is 34.3 Å². The third kappa shape index (κ3) is 10.6. The summed E-state index contributed by atoms with van der Waals surface area (Å²) >= 11 is 10.9. The van der Waals surface area contributed by atoms with Gasteiger partial charge in [-0.05, 0) is 167 Å². The monoisotopic (exact) mass is 1420 g/mol. The van der Waals surface area contributed by atoms with Crippen molar-refractivity contribution in [1.82, 2.24) is 0 Å². The zero-order valence-electron chi connectivity index (χ0n) is 57.0. The van der Waals surface area contributed by atoms with E-state index in [0.29, 0.717) is 33.2 Å². The van der Waals surface area contributed by atoms with E-state index in [1.54, 1.807) is 22.7 Å². The van der Waals surface area contributed by atoms with Gasteiger partial charge in [0.15, 0.2) is 0 Å². The Labute approximate surface area is 625 Å². The molecule has 16 aromatic carbocycles. The van der Waals surface area contributed by atoms with Crippen molar-refractivity contribution in [2.45, 2.75) is 5.60 Å². The predicted octanol–water partition coefficient (Wildman–Crippen LogP) is 28.4. The van der Waals surface area contributed by atoms with Gasteiger partial charge in [-0.15, -0.1) is 22.7 Å². The Morgan fingerprint density at radius 3 is 1.25 bits per heavy atom. The normalized spacial score (nSPS) is 12.4. The number of hydrogen-bond acceptors (Lipinski definition) is 8. The smallest absolute Gasteiger partial charge is 0.148 e. The number of furan rings is 1. The van der Waals surface area contributed by atoms with Gasteiger partial charge in [0, 0.05) is 130 Å². The number of hydrogen-bond donors (Lipinski definition) is 1. The molecule has 20 rings (SSSR count). The molecule has 0 amide bonds. The van der Waals surface area contributed by atoms with E-state index >= 15 is 5.11 Å². The zero-order valence-corrected chi connectivity index (χ0v) is 59.4. The van der Waals surface area contributed by atoms with Crippen molar-refractivity contribution in [3.05, 3.63) is 392 Å². The van der Waals surface area contributed by atoms with E-state index in [1.807, 2.05) is 42.5 Å². The van der Waals surface area contributed by atoms with Gasteiger partial charge in [-0.3, -0.25) is 0 Å². The first kappa shape index (κ1) is 62.9. The quantitative estimate of drug-likeness (QED) is 0.117. The lowest BCUT2D eigenvalue weighted by Crippen LogP contribution is -2.33. The van der Waals surface area contributed by atoms with Crippen molar-refractivity contribution in [2.24, 2.45) is 0 Å². The summed E-state index contributed by atoms with van der Waals surface area (Å²) in [5.74, 6) is 0.957. The Balaban J connectivity index is 0.866. The lowest BCUT2D eigenvalue weighted by molar-refractivity contribution is 0.113. The SMILES string of the molecule is OC1(c2cccc(N(c3ccccc3)c3cc(-c4ccccc4)c4oc5ccccc5c4c3)c2-c2cccc(Cl)c2)c2ccc(N(c3ccccc3)c3cc(-c4ccccc4)cc4sc5ccccc5c34)cc2Oc2cc(N(c3ccccc3)c3cc(-c4ccccc4)cc4sc5ccccc5c34)ccc21. The highest BCUT2D eigenvalue weighted by atomic mass is 35.5. The molecule has 1 aliphatic rings. The molecule has 0 bridgehead atoms. The number of halogens is 1. The zero-order chi connectivity index (χ0) is 70.4. The number of para-hydroxylation sites is 4. The minimum absolute atomic E-state index is 0.479. The highest BCUT2D eigenvalue weighted by molar-refractivity contribution is 7.26. The van der Waals surface area contributed by atoms with Gasteiger partial charge in [0.1, 0.15) is 28.3 Å². The van der Waals surface area contributed by atoms with Gasteiger partial charge in [0.05, 0.1) is 17.1 Å². The summed E-state index contributed by atoms with van der Waals surface area (Å²) in [6.45, 7) is 0. The maximum Gasteiger partial charge on any atom is 0.148 e. The van der Waals surface area contributed by atoms with E-state index in [1.165, 1.54) is 29.6 Å². The minimum atomic E-state index is -1.95. The van der Waals surface area contributed by atoms with Crippen molar-refractivity contribution < 1.29 is 14.3 Å². The number of thiophene rings is 2. The van der Waals surface area contributed by atoms with Gasteiger partial charge >= 0.3 is 0 Å². The summed E-state index contributed by atoms with van der Waals surface area (Å²) in [4.78, 5) is 7.03. The van der Waals surface area contributed by atoms with Crippen molar-refractivity contribution in [3.8, 4) is 56.0 Å². The molecule has 0 unspecified atom stereocenters. The average Bonchev–Trinajstić information content (AvgIpc) is 0.977. The number of aliphatic hydroxyl groups is 1. The lowest BCUT2D eigenvalue weighted by Gasteiger charge is -2.40. The first-order valence-electron chi connectivity index (χ1n) is 35.5. The molecule has 0 spiro atoms. The molecule has 0 atom stereocenters. The number of rotatable bonds is 14. The van der Waals surface area contributed by atoms with Gasteiger partial charge in [0.25, 0.3) is 0 Å². The first-order chi connectivity index (χ1) is 52.3. The van der Waals surface area contributed by atoms with E-state index in [4.69, 9.17) is 20.8 Å². The number of anilines is 9. The van der Waals surface area contributed by atoms with Crippen LogP contribution in [-0.2, 0) is 5.60 Å². The van der Waals surface area contributed by atoms with Crippen molar-refractivity contribution >= 4 is 148 Å². The molecule has 0 saturated heterocycles. The number of benzene rings is 16. The van der Waals surface area contributed by atoms with Gasteiger partial charge in [-0.2, -0.15) is 0 Å². The van der Waals surface area contributed by atoms with Crippen LogP contribution in [0.4, 0.5) is 51.2 Å². The molecule has 19 aromatic rings. The minimum Gasteiger partial charge on any atom is -0.456 e. The molecule has 0 fully saturated rings. The predicted molar refractivity (Wildman–Crippen MR) is 445 cm³/mol. The highest BCUT2D eigenvalue weighted by Gasteiger charge is 2.46. The third-order valence-corrected chi connectivity index (χ3v) is 23.2. The molecular formula is C97H62ClN3O3S2. The largest absolute Gasteiger partial charge is 0.456 e. The Bertz CT molecular complexity index is 6350. The van der Waals surface area contributed by atoms with Crippen LogP contribution in [0, 0.1) is 0 Å². The van der Waals surface area contributed by atoms with Gasteiger partial charge < -0.3 is 29.0 Å². The van der Waals surface area contributed by atoms with Crippen LogP contribution < -0.4 is 19.4 Å². The van der Waals surface area contributed by atoms with Crippen LogP contribution in [0.5, 0.6) is 11.5 Å². The Morgan fingerprint density at radius 2 is 0.736 bits per heavy atom. The fraction of sp³-hybridized carbons (Fsp3) is 0.0103. The molecule has 1 N–H and O–H groups in total. The standard InChI is InChI=1S/C97H62ClN3O3S2/c98-68-34-25-33-65(53-68)93-82(44-26-45-83(93)101(71-39-17-6-18-40-71)74-58-78(64-31-11-3-12-32-64)96-79(59-74)75-41-19-22-46-86(75)104-96)97(102)80-51-49-72(99(69-35-13-4-14-36-69)84-54-66(62-27-7-1-8-28-62)56-91-94(84)76-42-20-23-47-89(76)105-91)60-87(80)103-88-61-73(50-52-81(88)97)100(70-37-15-5-16-38-70)85-55-67(63-29-9-2-10-30-63)57-92-95(85)77-43-21-24-48-90(77)106-92/h1-61,102H. The summed E-state index contributed by atoms with van der Waals surface area (Å²) in [5, 5.41) is 22.7. The highest BCUT2D eigenvalue weighted by Crippen LogP contribution is 2.59. The number of nitrogens with zero attached hydrogens (tertiary/aromatic N) is 3. The summed E-state index contributed by atoms with van der Waals surface area (Å²) < 4.78 is 19.3. The Hall–Kier alpha value is -12.8. The van der Waals surface area contributed by atoms with Crippen molar-refractivity contribution in [1.29, 1.82) is 0 Å². The molecule has 502 valence electrons. The molecular weight excluding hydrogens is 1350 g/mol. The summed E-state index contributed by atoms with van der Waals surface area (Å²) in [5.41, 5.74) is 17.5. The van der Waals surface area contributed by atoms with Gasteiger partial charge in [-0.1, -0.05) is 236 Å². The van der Waals surface area contributed by atoms with E-state index in [2.05, 4.69) is 342 Å².